The SMILES string of the molecule is O=C1N[C@H]2CS(=O)(=O)C[C@H]2S(=O)(=O)N1. The van der Waals surface area contributed by atoms with E-state index in [1.807, 2.05) is 0 Å². The molecule has 2 N–H and O–H groups in total. The van der Waals surface area contributed by atoms with Gasteiger partial charge in [-0.15, -0.1) is 0 Å². The normalized spacial score (nSPS) is 38.1. The third-order valence-electron chi connectivity index (χ3n) is 2.25. The van der Waals surface area contributed by atoms with Gasteiger partial charge in [0.25, 0.3) is 0 Å². The highest BCUT2D eigenvalue weighted by atomic mass is 32.2. The van der Waals surface area contributed by atoms with Gasteiger partial charge in [0, 0.05) is 0 Å². The number of urea groups is 1. The molecule has 0 aromatic carbocycles. The first-order valence-electron chi connectivity index (χ1n) is 3.83. The Balaban J connectivity index is 2.43. The number of carbonyl (C=O) groups is 1. The van der Waals surface area contributed by atoms with Crippen LogP contribution in [-0.2, 0) is 19.9 Å². The Bertz CT molecular complexity index is 478. The predicted molar refractivity (Wildman–Crippen MR) is 46.8 cm³/mol. The first-order chi connectivity index (χ1) is 6.30. The van der Waals surface area contributed by atoms with Gasteiger partial charge in [0.1, 0.15) is 5.25 Å². The topological polar surface area (TPSA) is 109 Å². The first-order valence-corrected chi connectivity index (χ1v) is 7.19. The highest BCUT2D eigenvalue weighted by molar-refractivity contribution is 7.95. The average Bonchev–Trinajstić information content (AvgIpc) is 2.22. The lowest BCUT2D eigenvalue weighted by Crippen LogP contribution is -2.59. The van der Waals surface area contributed by atoms with Crippen molar-refractivity contribution in [3.05, 3.63) is 0 Å². The number of sulfonamides is 1. The fourth-order valence-electron chi connectivity index (χ4n) is 1.66. The smallest absolute Gasteiger partial charge is 0.328 e. The third-order valence-corrected chi connectivity index (χ3v) is 5.96. The minimum atomic E-state index is -3.82. The van der Waals surface area contributed by atoms with Crippen LogP contribution in [0.25, 0.3) is 0 Å². The van der Waals surface area contributed by atoms with Crippen LogP contribution < -0.4 is 10.0 Å². The van der Waals surface area contributed by atoms with Gasteiger partial charge in [-0.05, 0) is 0 Å². The molecule has 80 valence electrons. The maximum Gasteiger partial charge on any atom is 0.328 e. The van der Waals surface area contributed by atoms with Gasteiger partial charge in [-0.3, -0.25) is 0 Å². The van der Waals surface area contributed by atoms with Gasteiger partial charge < -0.3 is 5.32 Å². The zero-order valence-corrected chi connectivity index (χ0v) is 8.56. The van der Waals surface area contributed by atoms with Crippen LogP contribution in [0, 0.1) is 0 Å². The van der Waals surface area contributed by atoms with Crippen LogP contribution in [-0.4, -0.2) is 45.7 Å². The number of amides is 2. The number of rotatable bonds is 0. The summed E-state index contributed by atoms with van der Waals surface area (Å²) < 4.78 is 46.7. The summed E-state index contributed by atoms with van der Waals surface area (Å²) in [4.78, 5) is 10.8. The van der Waals surface area contributed by atoms with Gasteiger partial charge in [0.05, 0.1) is 17.5 Å². The third kappa shape index (κ3) is 1.46. The van der Waals surface area contributed by atoms with Gasteiger partial charge in [-0.1, -0.05) is 0 Å². The zero-order valence-electron chi connectivity index (χ0n) is 6.93. The summed E-state index contributed by atoms with van der Waals surface area (Å²) in [6, 6.07) is -1.66. The molecule has 0 radical (unpaired) electrons. The summed E-state index contributed by atoms with van der Waals surface area (Å²) in [6.07, 6.45) is 0. The lowest BCUT2D eigenvalue weighted by atomic mass is 10.2. The molecule has 0 aromatic rings. The molecule has 2 aliphatic rings. The fraction of sp³-hybridized carbons (Fsp3) is 0.800. The molecule has 0 aromatic heterocycles. The molecule has 0 unspecified atom stereocenters. The van der Waals surface area contributed by atoms with Gasteiger partial charge in [0.15, 0.2) is 9.84 Å². The van der Waals surface area contributed by atoms with Crippen LogP contribution in [0.3, 0.4) is 0 Å². The number of hydrogen-bond donors (Lipinski definition) is 2. The van der Waals surface area contributed by atoms with Gasteiger partial charge in [-0.2, -0.15) is 0 Å². The maximum absolute atomic E-state index is 11.3. The second kappa shape index (κ2) is 2.60. The van der Waals surface area contributed by atoms with E-state index in [0.717, 1.165) is 0 Å². The molecule has 0 bridgehead atoms. The number of sulfone groups is 1. The quantitative estimate of drug-likeness (QED) is 0.499. The van der Waals surface area contributed by atoms with Gasteiger partial charge >= 0.3 is 6.03 Å². The molecular formula is C5H8N2O5S2. The maximum atomic E-state index is 11.3. The van der Waals surface area contributed by atoms with E-state index in [9.17, 15) is 21.6 Å². The minimum Gasteiger partial charge on any atom is -0.332 e. The molecule has 0 aliphatic carbocycles. The Morgan fingerprint density at radius 1 is 1.14 bits per heavy atom. The van der Waals surface area contributed by atoms with Crippen molar-refractivity contribution in [2.45, 2.75) is 11.3 Å². The van der Waals surface area contributed by atoms with Crippen molar-refractivity contribution in [1.82, 2.24) is 10.0 Å². The van der Waals surface area contributed by atoms with E-state index in [0.29, 0.717) is 0 Å². The summed E-state index contributed by atoms with van der Waals surface area (Å²) >= 11 is 0. The van der Waals surface area contributed by atoms with Crippen molar-refractivity contribution in [3.8, 4) is 0 Å². The second-order valence-corrected chi connectivity index (χ2v) is 7.40. The van der Waals surface area contributed by atoms with Crippen LogP contribution in [0.2, 0.25) is 0 Å². The molecule has 2 aliphatic heterocycles. The van der Waals surface area contributed by atoms with Crippen molar-refractivity contribution in [2.75, 3.05) is 11.5 Å². The molecule has 14 heavy (non-hydrogen) atoms. The fourth-order valence-corrected chi connectivity index (χ4v) is 5.92. The highest BCUT2D eigenvalue weighted by Gasteiger charge is 2.49. The number of carbonyl (C=O) groups excluding carboxylic acids is 1. The van der Waals surface area contributed by atoms with Gasteiger partial charge in [-0.25, -0.2) is 26.4 Å². The molecule has 2 atom stereocenters. The Hall–Kier alpha value is -0.830. The lowest BCUT2D eigenvalue weighted by Gasteiger charge is -2.25. The summed E-state index contributed by atoms with van der Waals surface area (Å²) in [5.74, 6) is -0.725. The monoisotopic (exact) mass is 240 g/mol. The van der Waals surface area contributed by atoms with Crippen molar-refractivity contribution in [3.63, 3.8) is 0 Å². The van der Waals surface area contributed by atoms with E-state index in [4.69, 9.17) is 0 Å². The molecule has 9 heteroatoms. The summed E-state index contributed by atoms with van der Waals surface area (Å²) in [7, 11) is -7.18. The average molecular weight is 240 g/mol. The van der Waals surface area contributed by atoms with E-state index in [2.05, 4.69) is 5.32 Å². The van der Waals surface area contributed by atoms with E-state index in [-0.39, 0.29) is 5.75 Å². The summed E-state index contributed by atoms with van der Waals surface area (Å²) in [5.41, 5.74) is 0. The first kappa shape index (κ1) is 9.71. The summed E-state index contributed by atoms with van der Waals surface area (Å²) in [5, 5.41) is 1.23. The zero-order chi connectivity index (χ0) is 10.6. The lowest BCUT2D eigenvalue weighted by molar-refractivity contribution is 0.241. The van der Waals surface area contributed by atoms with Crippen molar-refractivity contribution in [2.24, 2.45) is 0 Å². The molecule has 2 saturated heterocycles. The molecule has 0 spiro atoms. The number of nitrogens with one attached hydrogen (secondary N) is 2. The van der Waals surface area contributed by atoms with E-state index in [1.165, 1.54) is 0 Å². The van der Waals surface area contributed by atoms with Crippen molar-refractivity contribution >= 4 is 25.9 Å². The van der Waals surface area contributed by atoms with E-state index < -0.39 is 42.9 Å². The van der Waals surface area contributed by atoms with E-state index >= 15 is 0 Å². The largest absolute Gasteiger partial charge is 0.332 e. The molecule has 0 saturated carbocycles. The Labute approximate surface area is 80.8 Å². The van der Waals surface area contributed by atoms with Crippen LogP contribution in [0.1, 0.15) is 0 Å². The van der Waals surface area contributed by atoms with Crippen LogP contribution >= 0.6 is 0 Å². The Kier molecular flexibility index (Phi) is 1.80. The van der Waals surface area contributed by atoms with Crippen molar-refractivity contribution < 1.29 is 21.6 Å². The Morgan fingerprint density at radius 2 is 1.79 bits per heavy atom. The molecule has 2 rings (SSSR count). The minimum absolute atomic E-state index is 0.301. The highest BCUT2D eigenvalue weighted by Crippen LogP contribution is 2.21. The number of fused-ring (bicyclic) bond motifs is 1. The molecule has 2 amide bonds. The standard InChI is InChI=1S/C5H8N2O5S2/c8-5-6-3-1-13(9,10)2-4(3)14(11,12)7-5/h3-4H,1-2H2,(H2,6,7,8)/t3-,4+/m0/s1. The second-order valence-electron chi connectivity index (χ2n) is 3.34. The predicted octanol–water partition coefficient (Wildman–Crippen LogP) is -2.21. The van der Waals surface area contributed by atoms with Crippen LogP contribution in [0.5, 0.6) is 0 Å². The van der Waals surface area contributed by atoms with Crippen molar-refractivity contribution in [1.29, 1.82) is 0 Å². The van der Waals surface area contributed by atoms with Crippen LogP contribution in [0.15, 0.2) is 0 Å². The van der Waals surface area contributed by atoms with Crippen LogP contribution in [0.4, 0.5) is 4.79 Å². The molecule has 7 nitrogen and oxygen atoms in total. The molecule has 2 heterocycles. The number of hydrogen-bond acceptors (Lipinski definition) is 5. The summed E-state index contributed by atoms with van der Waals surface area (Å²) in [6.45, 7) is 0. The molecule has 2 fully saturated rings. The van der Waals surface area contributed by atoms with Gasteiger partial charge in [0.2, 0.25) is 10.0 Å². The Morgan fingerprint density at radius 3 is 2.43 bits per heavy atom. The molecular weight excluding hydrogens is 232 g/mol. The van der Waals surface area contributed by atoms with E-state index in [1.54, 1.807) is 4.72 Å².